The highest BCUT2D eigenvalue weighted by molar-refractivity contribution is 7.89. The summed E-state index contributed by atoms with van der Waals surface area (Å²) >= 11 is 0. The molecule has 0 unspecified atom stereocenters. The van der Waals surface area contributed by atoms with E-state index in [1.54, 1.807) is 19.9 Å². The zero-order valence-electron chi connectivity index (χ0n) is 16.3. The fourth-order valence-corrected chi connectivity index (χ4v) is 6.89. The first-order chi connectivity index (χ1) is 13.1. The summed E-state index contributed by atoms with van der Waals surface area (Å²) < 4.78 is 54.5. The van der Waals surface area contributed by atoms with Crippen LogP contribution in [-0.2, 0) is 25.8 Å². The van der Waals surface area contributed by atoms with E-state index in [-0.39, 0.29) is 30.3 Å². The zero-order chi connectivity index (χ0) is 20.5. The molecule has 10 heteroatoms. The van der Waals surface area contributed by atoms with Crippen molar-refractivity contribution in [2.75, 3.05) is 26.2 Å². The van der Waals surface area contributed by atoms with Crippen LogP contribution in [0.3, 0.4) is 0 Å². The number of hydrogen-bond acceptors (Lipinski definition) is 5. The van der Waals surface area contributed by atoms with Gasteiger partial charge in [-0.15, -0.1) is 0 Å². The molecule has 1 fully saturated rings. The summed E-state index contributed by atoms with van der Waals surface area (Å²) in [6.45, 7) is 6.09. The van der Waals surface area contributed by atoms with E-state index in [4.69, 9.17) is 0 Å². The largest absolute Gasteiger partial charge is 0.281 e. The fraction of sp³-hybridized carbons (Fsp3) is 0.500. The Labute approximate surface area is 166 Å². The Bertz CT molecular complexity index is 1040. The molecule has 2 aromatic rings. The summed E-state index contributed by atoms with van der Waals surface area (Å²) in [6, 6.07) is 7.41. The molecule has 0 radical (unpaired) electrons. The van der Waals surface area contributed by atoms with Crippen LogP contribution in [0.25, 0.3) is 0 Å². The molecule has 2 heterocycles. The van der Waals surface area contributed by atoms with Crippen LogP contribution in [-0.4, -0.2) is 61.8 Å². The Balaban J connectivity index is 1.76. The number of rotatable bonds is 5. The topological polar surface area (TPSA) is 103 Å². The normalized spacial score (nSPS) is 17.5. The summed E-state index contributed by atoms with van der Waals surface area (Å²) in [5.74, 6) is -0.0820. The molecule has 0 spiro atoms. The molecule has 28 heavy (non-hydrogen) atoms. The third kappa shape index (κ3) is 4.29. The lowest BCUT2D eigenvalue weighted by Crippen LogP contribution is -2.38. The lowest BCUT2D eigenvalue weighted by molar-refractivity contribution is 0.404. The molecule has 1 aliphatic heterocycles. The van der Waals surface area contributed by atoms with Gasteiger partial charge in [-0.1, -0.05) is 29.8 Å². The average Bonchev–Trinajstić information content (AvgIpc) is 2.82. The number of benzene rings is 1. The SMILES string of the molecule is Cc1cccc(CS(=O)(=O)N2CCCN(S(=O)(=O)c3c(C)n[nH]c3C)CC2)c1. The molecule has 1 aromatic heterocycles. The molecule has 154 valence electrons. The van der Waals surface area contributed by atoms with Gasteiger partial charge in [-0.25, -0.2) is 21.1 Å². The van der Waals surface area contributed by atoms with Crippen molar-refractivity contribution in [2.24, 2.45) is 0 Å². The van der Waals surface area contributed by atoms with E-state index >= 15 is 0 Å². The van der Waals surface area contributed by atoms with Gasteiger partial charge < -0.3 is 0 Å². The second kappa shape index (κ2) is 7.94. The second-order valence-corrected chi connectivity index (χ2v) is 11.0. The van der Waals surface area contributed by atoms with Gasteiger partial charge in [-0.05, 0) is 32.8 Å². The third-order valence-corrected chi connectivity index (χ3v) is 8.91. The van der Waals surface area contributed by atoms with Crippen LogP contribution in [0.5, 0.6) is 0 Å². The van der Waals surface area contributed by atoms with Crippen LogP contribution < -0.4 is 0 Å². The number of nitrogens with zero attached hydrogens (tertiary/aromatic N) is 3. The smallest absolute Gasteiger partial charge is 0.246 e. The lowest BCUT2D eigenvalue weighted by atomic mass is 10.2. The van der Waals surface area contributed by atoms with Gasteiger partial charge >= 0.3 is 0 Å². The molecule has 1 aromatic carbocycles. The molecule has 0 aliphatic carbocycles. The zero-order valence-corrected chi connectivity index (χ0v) is 18.0. The van der Waals surface area contributed by atoms with E-state index in [0.29, 0.717) is 24.4 Å². The van der Waals surface area contributed by atoms with Gasteiger partial charge in [0.2, 0.25) is 20.0 Å². The fourth-order valence-electron chi connectivity index (χ4n) is 3.54. The van der Waals surface area contributed by atoms with E-state index in [1.807, 2.05) is 25.1 Å². The summed E-state index contributed by atoms with van der Waals surface area (Å²) in [5, 5.41) is 6.67. The van der Waals surface area contributed by atoms with Gasteiger partial charge in [-0.3, -0.25) is 5.10 Å². The molecule has 3 rings (SSSR count). The highest BCUT2D eigenvalue weighted by Crippen LogP contribution is 2.23. The maximum Gasteiger partial charge on any atom is 0.246 e. The maximum absolute atomic E-state index is 13.0. The minimum absolute atomic E-state index is 0.0820. The molecule has 0 amide bonds. The highest BCUT2D eigenvalue weighted by Gasteiger charge is 2.33. The predicted molar refractivity (Wildman–Crippen MR) is 107 cm³/mol. The number of aryl methyl sites for hydroxylation is 3. The van der Waals surface area contributed by atoms with Crippen LogP contribution >= 0.6 is 0 Å². The van der Waals surface area contributed by atoms with Crippen LogP contribution in [0.2, 0.25) is 0 Å². The first-order valence-electron chi connectivity index (χ1n) is 9.16. The van der Waals surface area contributed by atoms with Crippen LogP contribution in [0.1, 0.15) is 28.9 Å². The van der Waals surface area contributed by atoms with E-state index in [2.05, 4.69) is 10.2 Å². The van der Waals surface area contributed by atoms with Gasteiger partial charge in [0, 0.05) is 26.2 Å². The molecule has 0 saturated carbocycles. The molecule has 0 bridgehead atoms. The third-order valence-electron chi connectivity index (χ3n) is 4.90. The predicted octanol–water partition coefficient (Wildman–Crippen LogP) is 1.56. The highest BCUT2D eigenvalue weighted by atomic mass is 32.2. The van der Waals surface area contributed by atoms with Crippen LogP contribution in [0.15, 0.2) is 29.2 Å². The van der Waals surface area contributed by atoms with Crippen molar-refractivity contribution < 1.29 is 16.8 Å². The molecular weight excluding hydrogens is 400 g/mol. The maximum atomic E-state index is 13.0. The molecule has 1 saturated heterocycles. The van der Waals surface area contributed by atoms with E-state index in [0.717, 1.165) is 11.1 Å². The second-order valence-electron chi connectivity index (χ2n) is 7.17. The first-order valence-corrected chi connectivity index (χ1v) is 12.2. The van der Waals surface area contributed by atoms with Crippen LogP contribution in [0.4, 0.5) is 0 Å². The van der Waals surface area contributed by atoms with Crippen molar-refractivity contribution in [1.82, 2.24) is 18.8 Å². The number of sulfonamides is 2. The van der Waals surface area contributed by atoms with Crippen molar-refractivity contribution in [3.63, 3.8) is 0 Å². The Kier molecular flexibility index (Phi) is 5.95. The summed E-state index contributed by atoms with van der Waals surface area (Å²) in [7, 11) is -7.24. The molecule has 1 aliphatic rings. The Morgan fingerprint density at radius 1 is 1.00 bits per heavy atom. The number of hydrogen-bond donors (Lipinski definition) is 1. The lowest BCUT2D eigenvalue weighted by Gasteiger charge is -2.22. The van der Waals surface area contributed by atoms with Crippen LogP contribution in [0, 0.1) is 20.8 Å². The molecule has 0 atom stereocenters. The van der Waals surface area contributed by atoms with Gasteiger partial charge in [-0.2, -0.15) is 9.40 Å². The quantitative estimate of drug-likeness (QED) is 0.781. The van der Waals surface area contributed by atoms with E-state index in [1.165, 1.54) is 8.61 Å². The van der Waals surface area contributed by atoms with Crippen molar-refractivity contribution in [3.05, 3.63) is 46.8 Å². The Hall–Kier alpha value is -1.75. The molecule has 8 nitrogen and oxygen atoms in total. The number of H-pyrrole nitrogens is 1. The summed E-state index contributed by atoms with van der Waals surface area (Å²) in [6.07, 6.45) is 0.447. The summed E-state index contributed by atoms with van der Waals surface area (Å²) in [4.78, 5) is 0.184. The van der Waals surface area contributed by atoms with Crippen molar-refractivity contribution in [3.8, 4) is 0 Å². The van der Waals surface area contributed by atoms with E-state index in [9.17, 15) is 16.8 Å². The number of aromatic amines is 1. The minimum Gasteiger partial charge on any atom is -0.281 e. The molecular formula is C18H26N4O4S2. The number of nitrogens with one attached hydrogen (secondary N) is 1. The average molecular weight is 427 g/mol. The minimum atomic E-state index is -3.72. The Morgan fingerprint density at radius 3 is 2.32 bits per heavy atom. The van der Waals surface area contributed by atoms with Crippen molar-refractivity contribution >= 4 is 20.0 Å². The van der Waals surface area contributed by atoms with Gasteiger partial charge in [0.15, 0.2) is 0 Å². The van der Waals surface area contributed by atoms with Gasteiger partial charge in [0.25, 0.3) is 0 Å². The monoisotopic (exact) mass is 426 g/mol. The van der Waals surface area contributed by atoms with Crippen molar-refractivity contribution in [2.45, 2.75) is 37.8 Å². The van der Waals surface area contributed by atoms with Gasteiger partial charge in [0.05, 0.1) is 17.1 Å². The Morgan fingerprint density at radius 2 is 1.68 bits per heavy atom. The first kappa shape index (κ1) is 21.0. The van der Waals surface area contributed by atoms with Gasteiger partial charge in [0.1, 0.15) is 4.90 Å². The summed E-state index contributed by atoms with van der Waals surface area (Å²) in [5.41, 5.74) is 2.65. The standard InChI is InChI=1S/C18H26N4O4S2/c1-14-6-4-7-17(12-14)13-27(23,24)21-8-5-9-22(11-10-21)28(25,26)18-15(2)19-20-16(18)3/h4,6-7,12H,5,8-11,13H2,1-3H3,(H,19,20). The van der Waals surface area contributed by atoms with Crippen molar-refractivity contribution in [1.29, 1.82) is 0 Å². The van der Waals surface area contributed by atoms with E-state index < -0.39 is 20.0 Å². The molecule has 1 N–H and O–H groups in total. The number of aromatic nitrogens is 2.